The Balaban J connectivity index is 1.33. The number of rotatable bonds is 5. The van der Waals surface area contributed by atoms with Crippen LogP contribution in [-0.4, -0.2) is 54.2 Å². The molecule has 5 atom stereocenters. The van der Waals surface area contributed by atoms with Gasteiger partial charge in [-0.25, -0.2) is 4.79 Å². The lowest BCUT2D eigenvalue weighted by molar-refractivity contribution is -0.125. The van der Waals surface area contributed by atoms with Crippen molar-refractivity contribution in [2.75, 3.05) is 31.2 Å². The van der Waals surface area contributed by atoms with E-state index in [0.717, 1.165) is 61.7 Å². The predicted octanol–water partition coefficient (Wildman–Crippen LogP) is 5.63. The normalized spacial score (nSPS) is 32.4. The van der Waals surface area contributed by atoms with Gasteiger partial charge in [-0.3, -0.25) is 0 Å². The number of carboxylic acids is 1. The zero-order valence-electron chi connectivity index (χ0n) is 21.7. The van der Waals surface area contributed by atoms with E-state index in [9.17, 15) is 15.0 Å². The summed E-state index contributed by atoms with van der Waals surface area (Å²) >= 11 is 6.37. The third kappa shape index (κ3) is 4.61. The van der Waals surface area contributed by atoms with Crippen LogP contribution < -0.4 is 9.64 Å². The maximum absolute atomic E-state index is 11.9. The third-order valence-electron chi connectivity index (χ3n) is 9.49. The van der Waals surface area contributed by atoms with Crippen LogP contribution in [0.2, 0.25) is 5.02 Å². The van der Waals surface area contributed by atoms with Gasteiger partial charge in [0.1, 0.15) is 5.75 Å². The number of aromatic carboxylic acids is 1. The van der Waals surface area contributed by atoms with Crippen molar-refractivity contribution in [3.05, 3.63) is 70.8 Å². The van der Waals surface area contributed by atoms with E-state index in [0.29, 0.717) is 37.9 Å². The number of hydrogen-bond acceptors (Lipinski definition) is 5. The summed E-state index contributed by atoms with van der Waals surface area (Å²) in [6.07, 6.45) is 8.07. The maximum Gasteiger partial charge on any atom is 0.335 e. The highest BCUT2D eigenvalue weighted by Gasteiger charge is 2.46. The SMILES string of the molecule is C=C[C@@]1(O)CCO[C@H]([C@@H]2CC[C@H]2CN2CC3(CCCc4cc(Cl)ccc43)COc3ccc(C(=O)O)cc32)C1. The maximum atomic E-state index is 11.9. The number of fused-ring (bicyclic) bond motifs is 3. The topological polar surface area (TPSA) is 79.2 Å². The van der Waals surface area contributed by atoms with Gasteiger partial charge in [-0.05, 0) is 85.4 Å². The predicted molar refractivity (Wildman–Crippen MR) is 148 cm³/mol. The van der Waals surface area contributed by atoms with Crippen LogP contribution in [0.5, 0.6) is 5.75 Å². The number of anilines is 1. The fourth-order valence-corrected chi connectivity index (χ4v) is 7.39. The number of carboxylic acid groups (broad SMARTS) is 1. The summed E-state index contributed by atoms with van der Waals surface area (Å²) < 4.78 is 12.6. The van der Waals surface area contributed by atoms with Gasteiger partial charge in [-0.15, -0.1) is 6.58 Å². The molecule has 38 heavy (non-hydrogen) atoms. The Hall–Kier alpha value is -2.54. The van der Waals surface area contributed by atoms with Gasteiger partial charge in [0.15, 0.2) is 0 Å². The molecule has 1 saturated carbocycles. The first kappa shape index (κ1) is 25.7. The first-order valence-corrected chi connectivity index (χ1v) is 14.2. The Morgan fingerprint density at radius 2 is 2.08 bits per heavy atom. The number of halogens is 1. The highest BCUT2D eigenvalue weighted by Crippen LogP contribution is 2.48. The second-order valence-electron chi connectivity index (χ2n) is 11.8. The van der Waals surface area contributed by atoms with E-state index in [4.69, 9.17) is 21.1 Å². The molecule has 1 unspecified atom stereocenters. The Labute approximate surface area is 229 Å². The average molecular weight is 538 g/mol. The summed E-state index contributed by atoms with van der Waals surface area (Å²) in [7, 11) is 0. The van der Waals surface area contributed by atoms with Crippen LogP contribution in [0.25, 0.3) is 0 Å². The molecule has 202 valence electrons. The summed E-state index contributed by atoms with van der Waals surface area (Å²) in [5.41, 5.74) is 2.62. The van der Waals surface area contributed by atoms with Crippen LogP contribution in [0, 0.1) is 11.8 Å². The summed E-state index contributed by atoms with van der Waals surface area (Å²) in [6.45, 7) is 6.49. The van der Waals surface area contributed by atoms with Gasteiger partial charge >= 0.3 is 5.97 Å². The number of hydrogen-bond donors (Lipinski definition) is 2. The van der Waals surface area contributed by atoms with E-state index in [1.54, 1.807) is 18.2 Å². The quantitative estimate of drug-likeness (QED) is 0.481. The van der Waals surface area contributed by atoms with Crippen LogP contribution in [0.1, 0.15) is 60.0 Å². The summed E-state index contributed by atoms with van der Waals surface area (Å²) in [5, 5.41) is 21.4. The lowest BCUT2D eigenvalue weighted by Gasteiger charge is -2.48. The van der Waals surface area contributed by atoms with Crippen molar-refractivity contribution in [2.45, 2.75) is 62.1 Å². The van der Waals surface area contributed by atoms with Crippen molar-refractivity contribution in [3.8, 4) is 5.75 Å². The van der Waals surface area contributed by atoms with Crippen molar-refractivity contribution in [3.63, 3.8) is 0 Å². The van der Waals surface area contributed by atoms with E-state index in [-0.39, 0.29) is 17.1 Å². The van der Waals surface area contributed by atoms with Gasteiger partial charge in [0.2, 0.25) is 0 Å². The molecule has 2 aliphatic carbocycles. The molecule has 0 radical (unpaired) electrons. The molecule has 0 aromatic heterocycles. The summed E-state index contributed by atoms with van der Waals surface area (Å²) in [4.78, 5) is 14.3. The Bertz CT molecular complexity index is 1250. The highest BCUT2D eigenvalue weighted by atomic mass is 35.5. The Kier molecular flexibility index (Phi) is 6.69. The second-order valence-corrected chi connectivity index (χ2v) is 12.2. The van der Waals surface area contributed by atoms with Crippen molar-refractivity contribution in [2.24, 2.45) is 11.8 Å². The minimum Gasteiger partial charge on any atom is -0.490 e. The number of benzene rings is 2. The number of aliphatic hydroxyl groups is 1. The number of nitrogens with zero attached hydrogens (tertiary/aromatic N) is 1. The first-order valence-electron chi connectivity index (χ1n) is 13.8. The molecule has 1 spiro atoms. The minimum absolute atomic E-state index is 0.00469. The average Bonchev–Trinajstić information content (AvgIpc) is 3.03. The summed E-state index contributed by atoms with van der Waals surface area (Å²) in [6, 6.07) is 11.4. The molecule has 2 aromatic carbocycles. The van der Waals surface area contributed by atoms with Gasteiger partial charge in [-0.2, -0.15) is 0 Å². The molecule has 0 amide bonds. The molecule has 7 heteroatoms. The third-order valence-corrected chi connectivity index (χ3v) is 9.73. The standard InChI is InChI=1S/C31H36ClNO5/c1-2-31(36)12-13-37-28(16-31)24-8-5-22(24)17-33-18-30(11-3-4-20-14-23(32)7-9-25(20)30)19-38-27-10-6-21(29(34)35)15-26(27)33/h2,6-7,9-10,14-15,22,24,28,36H,1,3-5,8,11-13,16-19H2,(H,34,35)/t22-,24+,28-,30?,31+/m0/s1. The van der Waals surface area contributed by atoms with Gasteiger partial charge in [-0.1, -0.05) is 23.7 Å². The monoisotopic (exact) mass is 537 g/mol. The Morgan fingerprint density at radius 1 is 1.21 bits per heavy atom. The van der Waals surface area contributed by atoms with Crippen LogP contribution >= 0.6 is 11.6 Å². The van der Waals surface area contributed by atoms with Crippen molar-refractivity contribution in [1.82, 2.24) is 0 Å². The largest absolute Gasteiger partial charge is 0.490 e. The van der Waals surface area contributed by atoms with E-state index >= 15 is 0 Å². The lowest BCUT2D eigenvalue weighted by Crippen LogP contribution is -2.52. The zero-order valence-corrected chi connectivity index (χ0v) is 22.5. The van der Waals surface area contributed by atoms with E-state index < -0.39 is 11.6 Å². The molecular formula is C31H36ClNO5. The van der Waals surface area contributed by atoms with E-state index in [1.165, 1.54) is 11.1 Å². The molecule has 6 nitrogen and oxygen atoms in total. The fraction of sp³-hybridized carbons (Fsp3) is 0.516. The van der Waals surface area contributed by atoms with Gasteiger partial charge < -0.3 is 24.6 Å². The molecule has 2 fully saturated rings. The molecule has 1 saturated heterocycles. The fourth-order valence-electron chi connectivity index (χ4n) is 7.20. The van der Waals surface area contributed by atoms with Crippen molar-refractivity contribution >= 4 is 23.3 Å². The van der Waals surface area contributed by atoms with Crippen molar-refractivity contribution in [1.29, 1.82) is 0 Å². The number of carbonyl (C=O) groups is 1. The molecule has 2 N–H and O–H groups in total. The molecule has 2 aromatic rings. The Morgan fingerprint density at radius 3 is 2.84 bits per heavy atom. The minimum atomic E-state index is -0.940. The second kappa shape index (κ2) is 9.89. The van der Waals surface area contributed by atoms with Crippen molar-refractivity contribution < 1.29 is 24.5 Å². The van der Waals surface area contributed by atoms with Gasteiger partial charge in [0, 0.05) is 36.4 Å². The molecule has 0 bridgehead atoms. The van der Waals surface area contributed by atoms with Gasteiger partial charge in [0.05, 0.1) is 36.2 Å². The molecular weight excluding hydrogens is 502 g/mol. The zero-order chi connectivity index (χ0) is 26.5. The van der Waals surface area contributed by atoms with Gasteiger partial charge in [0.25, 0.3) is 0 Å². The van der Waals surface area contributed by atoms with Crippen LogP contribution in [0.15, 0.2) is 49.1 Å². The lowest BCUT2D eigenvalue weighted by atomic mass is 9.67. The number of ether oxygens (including phenoxy) is 2. The first-order chi connectivity index (χ1) is 18.3. The molecule has 6 rings (SSSR count). The smallest absolute Gasteiger partial charge is 0.335 e. The number of aryl methyl sites for hydroxylation is 1. The highest BCUT2D eigenvalue weighted by molar-refractivity contribution is 6.30. The molecule has 2 heterocycles. The van der Waals surface area contributed by atoms with Crippen LogP contribution in [0.3, 0.4) is 0 Å². The molecule has 4 aliphatic rings. The summed E-state index contributed by atoms with van der Waals surface area (Å²) in [5.74, 6) is 0.534. The van der Waals surface area contributed by atoms with Crippen LogP contribution in [0.4, 0.5) is 5.69 Å². The van der Waals surface area contributed by atoms with Crippen LogP contribution in [-0.2, 0) is 16.6 Å². The van der Waals surface area contributed by atoms with E-state index in [1.807, 2.05) is 12.1 Å². The molecule has 2 aliphatic heterocycles. The van der Waals surface area contributed by atoms with E-state index in [2.05, 4.69) is 23.6 Å².